The molecule has 16 heavy (non-hydrogen) atoms. The minimum absolute atomic E-state index is 0.437. The van der Waals surface area contributed by atoms with E-state index < -0.39 is 0 Å². The Hall–Kier alpha value is -0.330. The van der Waals surface area contributed by atoms with Gasteiger partial charge in [0.1, 0.15) is 5.78 Å². The Kier molecular flexibility index (Phi) is 2.60. The van der Waals surface area contributed by atoms with E-state index in [-0.39, 0.29) is 0 Å². The standard InChI is InChI=1S/C15H24O/c1-9-5-10(2)15(14(16)6-9)13-8-11-3-4-12(13)7-11/h9-13,15H,3-8H2,1-2H3/t9-,10+,11+,12+,13+,15-/m0/s1. The number of hydrogen-bond donors (Lipinski definition) is 0. The highest BCUT2D eigenvalue weighted by Crippen LogP contribution is 2.54. The summed E-state index contributed by atoms with van der Waals surface area (Å²) in [6, 6.07) is 0. The molecule has 3 saturated carbocycles. The summed E-state index contributed by atoms with van der Waals surface area (Å²) in [7, 11) is 0. The van der Waals surface area contributed by atoms with Crippen LogP contribution in [0.3, 0.4) is 0 Å². The van der Waals surface area contributed by atoms with Gasteiger partial charge >= 0.3 is 0 Å². The van der Waals surface area contributed by atoms with Crippen LogP contribution in [0.5, 0.6) is 0 Å². The molecular weight excluding hydrogens is 196 g/mol. The summed E-state index contributed by atoms with van der Waals surface area (Å²) >= 11 is 0. The van der Waals surface area contributed by atoms with E-state index in [0.717, 1.165) is 24.2 Å². The van der Waals surface area contributed by atoms with E-state index in [1.807, 2.05) is 0 Å². The Labute approximate surface area is 99.0 Å². The fourth-order valence-corrected chi connectivity index (χ4v) is 5.06. The van der Waals surface area contributed by atoms with Gasteiger partial charge < -0.3 is 0 Å². The third-order valence-electron chi connectivity index (χ3n) is 5.56. The van der Waals surface area contributed by atoms with Crippen LogP contribution in [0.15, 0.2) is 0 Å². The van der Waals surface area contributed by atoms with Crippen LogP contribution in [0.1, 0.15) is 52.4 Å². The van der Waals surface area contributed by atoms with Gasteiger partial charge in [-0.05, 0) is 55.3 Å². The summed E-state index contributed by atoms with van der Waals surface area (Å²) in [5, 5.41) is 0. The Bertz CT molecular complexity index is 296. The van der Waals surface area contributed by atoms with Gasteiger partial charge in [-0.1, -0.05) is 20.3 Å². The van der Waals surface area contributed by atoms with E-state index in [1.54, 1.807) is 0 Å². The molecule has 3 fully saturated rings. The van der Waals surface area contributed by atoms with Crippen molar-refractivity contribution in [2.24, 2.45) is 35.5 Å². The number of carbonyl (C=O) groups is 1. The summed E-state index contributed by atoms with van der Waals surface area (Å²) < 4.78 is 0. The molecule has 3 aliphatic carbocycles. The van der Waals surface area contributed by atoms with Crippen LogP contribution in [0, 0.1) is 35.5 Å². The van der Waals surface area contributed by atoms with Crippen molar-refractivity contribution in [2.45, 2.75) is 52.4 Å². The van der Waals surface area contributed by atoms with Crippen molar-refractivity contribution in [2.75, 3.05) is 0 Å². The molecule has 0 N–H and O–H groups in total. The molecule has 0 unspecified atom stereocenters. The van der Waals surface area contributed by atoms with Gasteiger partial charge in [-0.25, -0.2) is 0 Å². The summed E-state index contributed by atoms with van der Waals surface area (Å²) in [4.78, 5) is 12.3. The highest BCUT2D eigenvalue weighted by atomic mass is 16.1. The first kappa shape index (κ1) is 10.8. The summed E-state index contributed by atoms with van der Waals surface area (Å²) in [6.07, 6.45) is 7.83. The SMILES string of the molecule is C[C@@H]1CC(=O)[C@H]([C@@H]2C[C@@H]3CC[C@@H]2C3)[C@H](C)C1. The fraction of sp³-hybridized carbons (Fsp3) is 0.933. The van der Waals surface area contributed by atoms with Gasteiger partial charge in [0.2, 0.25) is 0 Å². The average molecular weight is 220 g/mol. The minimum Gasteiger partial charge on any atom is -0.299 e. The van der Waals surface area contributed by atoms with Crippen LogP contribution in [0.25, 0.3) is 0 Å². The first-order valence-corrected chi connectivity index (χ1v) is 7.18. The summed E-state index contributed by atoms with van der Waals surface area (Å²) in [5.41, 5.74) is 0. The monoisotopic (exact) mass is 220 g/mol. The summed E-state index contributed by atoms with van der Waals surface area (Å²) in [5.74, 6) is 4.99. The van der Waals surface area contributed by atoms with Gasteiger partial charge in [0.25, 0.3) is 0 Å². The molecule has 6 atom stereocenters. The number of rotatable bonds is 1. The maximum atomic E-state index is 12.3. The molecule has 0 spiro atoms. The molecule has 0 aromatic heterocycles. The van der Waals surface area contributed by atoms with E-state index in [1.165, 1.54) is 32.1 Å². The van der Waals surface area contributed by atoms with Gasteiger partial charge in [-0.2, -0.15) is 0 Å². The zero-order valence-electron chi connectivity index (χ0n) is 10.6. The number of ketones is 1. The molecular formula is C15H24O. The molecule has 0 amide bonds. The van der Waals surface area contributed by atoms with Crippen molar-refractivity contribution < 1.29 is 4.79 Å². The Morgan fingerprint density at radius 3 is 2.44 bits per heavy atom. The van der Waals surface area contributed by atoms with Crippen LogP contribution in [-0.2, 0) is 4.79 Å². The first-order valence-electron chi connectivity index (χ1n) is 7.18. The fourth-order valence-electron chi connectivity index (χ4n) is 5.06. The van der Waals surface area contributed by atoms with Crippen molar-refractivity contribution in [3.05, 3.63) is 0 Å². The van der Waals surface area contributed by atoms with Crippen molar-refractivity contribution in [3.8, 4) is 0 Å². The molecule has 0 aromatic carbocycles. The largest absolute Gasteiger partial charge is 0.299 e. The first-order chi connectivity index (χ1) is 7.65. The van der Waals surface area contributed by atoms with Crippen molar-refractivity contribution in [3.63, 3.8) is 0 Å². The predicted octanol–water partition coefficient (Wildman–Crippen LogP) is 3.67. The number of Topliss-reactive ketones (excluding diaryl/α,β-unsaturated/α-hetero) is 1. The van der Waals surface area contributed by atoms with Gasteiger partial charge in [0.15, 0.2) is 0 Å². The predicted molar refractivity (Wildman–Crippen MR) is 65.0 cm³/mol. The lowest BCUT2D eigenvalue weighted by molar-refractivity contribution is -0.131. The topological polar surface area (TPSA) is 17.1 Å². The lowest BCUT2D eigenvalue weighted by Gasteiger charge is -2.38. The summed E-state index contributed by atoms with van der Waals surface area (Å²) in [6.45, 7) is 4.57. The molecule has 0 saturated heterocycles. The van der Waals surface area contributed by atoms with Crippen LogP contribution in [0.2, 0.25) is 0 Å². The number of hydrogen-bond acceptors (Lipinski definition) is 1. The highest BCUT2D eigenvalue weighted by molar-refractivity contribution is 5.82. The van der Waals surface area contributed by atoms with Gasteiger partial charge in [-0.3, -0.25) is 4.79 Å². The Morgan fingerprint density at radius 1 is 1.06 bits per heavy atom. The van der Waals surface area contributed by atoms with E-state index in [9.17, 15) is 4.79 Å². The van der Waals surface area contributed by atoms with Crippen molar-refractivity contribution in [1.82, 2.24) is 0 Å². The van der Waals surface area contributed by atoms with Gasteiger partial charge in [0.05, 0.1) is 0 Å². The molecule has 0 aromatic rings. The van der Waals surface area contributed by atoms with E-state index >= 15 is 0 Å². The third kappa shape index (κ3) is 1.63. The molecule has 0 aliphatic heterocycles. The van der Waals surface area contributed by atoms with Crippen LogP contribution >= 0.6 is 0 Å². The molecule has 0 heterocycles. The highest BCUT2D eigenvalue weighted by Gasteiger charge is 2.47. The second-order valence-corrected chi connectivity index (χ2v) is 6.85. The Morgan fingerprint density at radius 2 is 1.88 bits per heavy atom. The molecule has 1 nitrogen and oxygen atoms in total. The lowest BCUT2D eigenvalue weighted by atomic mass is 9.65. The molecule has 3 rings (SSSR count). The molecule has 0 radical (unpaired) electrons. The third-order valence-corrected chi connectivity index (χ3v) is 5.56. The van der Waals surface area contributed by atoms with Crippen LogP contribution in [0.4, 0.5) is 0 Å². The quantitative estimate of drug-likeness (QED) is 0.659. The normalized spacial score (nSPS) is 52.2. The maximum absolute atomic E-state index is 12.3. The maximum Gasteiger partial charge on any atom is 0.136 e. The number of carbonyl (C=O) groups excluding carboxylic acids is 1. The zero-order valence-corrected chi connectivity index (χ0v) is 10.6. The smallest absolute Gasteiger partial charge is 0.136 e. The van der Waals surface area contributed by atoms with E-state index in [4.69, 9.17) is 0 Å². The van der Waals surface area contributed by atoms with Crippen molar-refractivity contribution in [1.29, 1.82) is 0 Å². The second-order valence-electron chi connectivity index (χ2n) is 6.85. The Balaban J connectivity index is 1.76. The zero-order chi connectivity index (χ0) is 11.3. The number of fused-ring (bicyclic) bond motifs is 2. The average Bonchev–Trinajstić information content (AvgIpc) is 2.77. The van der Waals surface area contributed by atoms with Gasteiger partial charge in [-0.15, -0.1) is 0 Å². The lowest BCUT2D eigenvalue weighted by Crippen LogP contribution is -2.38. The molecule has 1 heteroatoms. The minimum atomic E-state index is 0.437. The van der Waals surface area contributed by atoms with Crippen LogP contribution in [-0.4, -0.2) is 5.78 Å². The second kappa shape index (κ2) is 3.85. The molecule has 90 valence electrons. The van der Waals surface area contributed by atoms with E-state index in [0.29, 0.717) is 23.5 Å². The van der Waals surface area contributed by atoms with Crippen molar-refractivity contribution >= 4 is 5.78 Å². The van der Waals surface area contributed by atoms with Gasteiger partial charge in [0, 0.05) is 12.3 Å². The molecule has 3 aliphatic rings. The van der Waals surface area contributed by atoms with Crippen LogP contribution < -0.4 is 0 Å². The van der Waals surface area contributed by atoms with E-state index in [2.05, 4.69) is 13.8 Å². The molecule has 2 bridgehead atoms.